The van der Waals surface area contributed by atoms with Gasteiger partial charge in [-0.1, -0.05) is 11.8 Å². The maximum absolute atomic E-state index is 8.71. The van der Waals surface area contributed by atoms with Gasteiger partial charge in [-0.2, -0.15) is 0 Å². The van der Waals surface area contributed by atoms with Crippen molar-refractivity contribution in [1.29, 1.82) is 0 Å². The van der Waals surface area contributed by atoms with Crippen molar-refractivity contribution in [3.05, 3.63) is 0 Å². The summed E-state index contributed by atoms with van der Waals surface area (Å²) in [6.45, 7) is 2.31. The summed E-state index contributed by atoms with van der Waals surface area (Å²) in [4.78, 5) is 1.96. The van der Waals surface area contributed by atoms with Gasteiger partial charge in [-0.25, -0.2) is 0 Å². The van der Waals surface area contributed by atoms with Gasteiger partial charge in [0.05, 0.1) is 6.54 Å². The fourth-order valence-electron chi connectivity index (χ4n) is 0.382. The average molecular weight is 151 g/mol. The first-order chi connectivity index (χ1) is 5.13. The minimum Gasteiger partial charge on any atom is -0.381 e. The number of rotatable bonds is 1. The number of aliphatic hydroxyl groups excluding tert-OH is 1. The van der Waals surface area contributed by atoms with Gasteiger partial charge < -0.3 is 5.11 Å². The van der Waals surface area contributed by atoms with E-state index in [1.165, 1.54) is 0 Å². The van der Waals surface area contributed by atoms with Crippen LogP contribution in [-0.4, -0.2) is 36.8 Å². The molecule has 0 aliphatic rings. The second-order valence-corrected chi connectivity index (χ2v) is 2.48. The van der Waals surface area contributed by atoms with Crippen LogP contribution in [0.3, 0.4) is 0 Å². The predicted octanol–water partition coefficient (Wildman–Crippen LogP) is -0.0644. The Morgan fingerprint density at radius 2 is 2.00 bits per heavy atom. The van der Waals surface area contributed by atoms with Crippen LogP contribution in [-0.2, 0) is 0 Å². The van der Waals surface area contributed by atoms with E-state index in [9.17, 15) is 0 Å². The monoisotopic (exact) mass is 151 g/mol. The first kappa shape index (κ1) is 10.0. The SMILES string of the molecule is CC(O)C#CC#CCN(C)C. The number of nitrogens with zero attached hydrogens (tertiary/aromatic N) is 1. The molecule has 0 heterocycles. The Morgan fingerprint density at radius 1 is 1.36 bits per heavy atom. The van der Waals surface area contributed by atoms with E-state index in [2.05, 4.69) is 23.7 Å². The molecule has 11 heavy (non-hydrogen) atoms. The Bertz CT molecular complexity index is 209. The fraction of sp³-hybridized carbons (Fsp3) is 0.556. The Labute approximate surface area is 68.2 Å². The summed E-state index contributed by atoms with van der Waals surface area (Å²) >= 11 is 0. The van der Waals surface area contributed by atoms with E-state index in [0.29, 0.717) is 6.54 Å². The molecule has 0 spiro atoms. The van der Waals surface area contributed by atoms with E-state index in [-0.39, 0.29) is 0 Å². The highest BCUT2D eigenvalue weighted by atomic mass is 16.3. The summed E-state index contributed by atoms with van der Waals surface area (Å²) in [6, 6.07) is 0. The van der Waals surface area contributed by atoms with Crippen molar-refractivity contribution in [2.45, 2.75) is 13.0 Å². The minimum absolute atomic E-state index is 0.580. The standard InChI is InChI=1S/C9H13NO/c1-9(11)7-5-4-6-8-10(2)3/h9,11H,8H2,1-3H3. The van der Waals surface area contributed by atoms with Gasteiger partial charge in [-0.15, -0.1) is 0 Å². The van der Waals surface area contributed by atoms with Crippen LogP contribution in [0.1, 0.15) is 6.92 Å². The molecule has 0 amide bonds. The van der Waals surface area contributed by atoms with E-state index in [4.69, 9.17) is 5.11 Å². The first-order valence-electron chi connectivity index (χ1n) is 3.44. The van der Waals surface area contributed by atoms with Gasteiger partial charge in [-0.3, -0.25) is 4.90 Å². The van der Waals surface area contributed by atoms with Crippen molar-refractivity contribution in [2.75, 3.05) is 20.6 Å². The van der Waals surface area contributed by atoms with Crippen molar-refractivity contribution >= 4 is 0 Å². The van der Waals surface area contributed by atoms with Gasteiger partial charge in [0.25, 0.3) is 0 Å². The van der Waals surface area contributed by atoms with Crippen LogP contribution in [0.4, 0.5) is 0 Å². The molecule has 0 aliphatic carbocycles. The topological polar surface area (TPSA) is 23.5 Å². The molecular weight excluding hydrogens is 138 g/mol. The van der Waals surface area contributed by atoms with E-state index >= 15 is 0 Å². The summed E-state index contributed by atoms with van der Waals surface area (Å²) in [5.41, 5.74) is 0. The van der Waals surface area contributed by atoms with Crippen LogP contribution in [0.2, 0.25) is 0 Å². The Kier molecular flexibility index (Phi) is 5.29. The highest BCUT2D eigenvalue weighted by molar-refractivity contribution is 5.27. The third-order valence-corrected chi connectivity index (χ3v) is 0.827. The van der Waals surface area contributed by atoms with Crippen LogP contribution in [0, 0.1) is 23.7 Å². The van der Waals surface area contributed by atoms with Crippen molar-refractivity contribution in [3.8, 4) is 23.7 Å². The van der Waals surface area contributed by atoms with Gasteiger partial charge in [0.2, 0.25) is 0 Å². The van der Waals surface area contributed by atoms with Gasteiger partial charge >= 0.3 is 0 Å². The van der Waals surface area contributed by atoms with Gasteiger partial charge in [-0.05, 0) is 32.9 Å². The lowest BCUT2D eigenvalue weighted by atomic mass is 10.4. The van der Waals surface area contributed by atoms with Crippen LogP contribution in [0.15, 0.2) is 0 Å². The summed E-state index contributed by atoms with van der Waals surface area (Å²) in [7, 11) is 3.88. The molecule has 0 bridgehead atoms. The zero-order chi connectivity index (χ0) is 8.69. The second-order valence-electron chi connectivity index (χ2n) is 2.48. The lowest BCUT2D eigenvalue weighted by Crippen LogP contribution is -2.10. The predicted molar refractivity (Wildman–Crippen MR) is 45.8 cm³/mol. The van der Waals surface area contributed by atoms with Crippen LogP contribution in [0.5, 0.6) is 0 Å². The average Bonchev–Trinajstić information content (AvgIpc) is 1.85. The number of aliphatic hydroxyl groups is 1. The molecule has 0 fully saturated rings. The van der Waals surface area contributed by atoms with Crippen LogP contribution >= 0.6 is 0 Å². The molecule has 0 radical (unpaired) electrons. The maximum atomic E-state index is 8.71. The Morgan fingerprint density at radius 3 is 2.45 bits per heavy atom. The van der Waals surface area contributed by atoms with Crippen molar-refractivity contribution in [1.82, 2.24) is 4.90 Å². The summed E-state index contributed by atoms with van der Waals surface area (Å²) < 4.78 is 0. The largest absolute Gasteiger partial charge is 0.381 e. The Balaban J connectivity index is 3.66. The van der Waals surface area contributed by atoms with Crippen LogP contribution < -0.4 is 0 Å². The van der Waals surface area contributed by atoms with Crippen molar-refractivity contribution < 1.29 is 5.11 Å². The molecule has 0 saturated carbocycles. The quantitative estimate of drug-likeness (QED) is 0.530. The second kappa shape index (κ2) is 5.80. The van der Waals surface area contributed by atoms with E-state index in [1.807, 2.05) is 19.0 Å². The molecular formula is C9H13NO. The molecule has 1 N–H and O–H groups in total. The van der Waals surface area contributed by atoms with Gasteiger partial charge in [0, 0.05) is 0 Å². The molecule has 2 nitrogen and oxygen atoms in total. The first-order valence-corrected chi connectivity index (χ1v) is 3.44. The van der Waals surface area contributed by atoms with E-state index < -0.39 is 6.10 Å². The molecule has 60 valence electrons. The minimum atomic E-state index is -0.580. The summed E-state index contributed by atoms with van der Waals surface area (Å²) in [5, 5.41) is 8.71. The highest BCUT2D eigenvalue weighted by Crippen LogP contribution is 1.71. The summed E-state index contributed by atoms with van der Waals surface area (Å²) in [6.07, 6.45) is -0.580. The normalized spacial score (nSPS) is 11.0. The highest BCUT2D eigenvalue weighted by Gasteiger charge is 1.80. The van der Waals surface area contributed by atoms with Gasteiger partial charge in [0.15, 0.2) is 0 Å². The lowest BCUT2D eigenvalue weighted by molar-refractivity contribution is 0.253. The molecule has 0 aromatic carbocycles. The number of hydrogen-bond donors (Lipinski definition) is 1. The van der Waals surface area contributed by atoms with E-state index in [1.54, 1.807) is 6.92 Å². The molecule has 0 aliphatic heterocycles. The molecule has 0 aromatic rings. The zero-order valence-corrected chi connectivity index (χ0v) is 7.18. The van der Waals surface area contributed by atoms with Crippen molar-refractivity contribution in [3.63, 3.8) is 0 Å². The van der Waals surface area contributed by atoms with Gasteiger partial charge in [0.1, 0.15) is 6.10 Å². The molecule has 0 rings (SSSR count). The lowest BCUT2D eigenvalue weighted by Gasteiger charge is -1.99. The third kappa shape index (κ3) is 9.04. The van der Waals surface area contributed by atoms with E-state index in [0.717, 1.165) is 0 Å². The maximum Gasteiger partial charge on any atom is 0.112 e. The fourth-order valence-corrected chi connectivity index (χ4v) is 0.382. The Hall–Kier alpha value is -0.960. The molecule has 0 aromatic heterocycles. The van der Waals surface area contributed by atoms with Crippen LogP contribution in [0.25, 0.3) is 0 Å². The molecule has 2 heteroatoms. The third-order valence-electron chi connectivity index (χ3n) is 0.827. The molecule has 1 atom stereocenters. The summed E-state index contributed by atoms with van der Waals surface area (Å²) in [5.74, 6) is 10.6. The molecule has 0 saturated heterocycles. The zero-order valence-electron chi connectivity index (χ0n) is 7.18. The number of hydrogen-bond acceptors (Lipinski definition) is 2. The molecule has 1 unspecified atom stereocenters. The smallest absolute Gasteiger partial charge is 0.112 e. The van der Waals surface area contributed by atoms with Crippen molar-refractivity contribution in [2.24, 2.45) is 0 Å².